The van der Waals surface area contributed by atoms with Crippen molar-refractivity contribution in [3.05, 3.63) is 11.1 Å². The van der Waals surface area contributed by atoms with Crippen molar-refractivity contribution in [3.63, 3.8) is 0 Å². The van der Waals surface area contributed by atoms with Crippen molar-refractivity contribution in [1.82, 2.24) is 0 Å². The van der Waals surface area contributed by atoms with Gasteiger partial charge in [0.25, 0.3) is 0 Å². The SMILES string of the molecule is OC(C1=C2CCC(C2)C1)C1CCCCC1. The molecule has 2 bridgehead atoms. The van der Waals surface area contributed by atoms with Crippen LogP contribution in [-0.2, 0) is 0 Å². The van der Waals surface area contributed by atoms with Crippen molar-refractivity contribution < 1.29 is 5.11 Å². The lowest BCUT2D eigenvalue weighted by Gasteiger charge is -2.29. The van der Waals surface area contributed by atoms with Crippen molar-refractivity contribution in [2.45, 2.75) is 63.9 Å². The summed E-state index contributed by atoms with van der Waals surface area (Å²) in [5.74, 6) is 1.51. The van der Waals surface area contributed by atoms with Crippen LogP contribution in [-0.4, -0.2) is 11.2 Å². The molecule has 0 aromatic rings. The lowest BCUT2D eigenvalue weighted by Crippen LogP contribution is -2.25. The molecule has 1 nitrogen and oxygen atoms in total. The Morgan fingerprint density at radius 2 is 1.80 bits per heavy atom. The van der Waals surface area contributed by atoms with Crippen LogP contribution in [0, 0.1) is 11.8 Å². The van der Waals surface area contributed by atoms with Gasteiger partial charge in [0, 0.05) is 0 Å². The lowest BCUT2D eigenvalue weighted by atomic mass is 9.80. The molecular formula is C14H22O. The van der Waals surface area contributed by atoms with Gasteiger partial charge in [-0.05, 0) is 55.9 Å². The fourth-order valence-electron chi connectivity index (χ4n) is 3.92. The van der Waals surface area contributed by atoms with Crippen molar-refractivity contribution in [3.8, 4) is 0 Å². The van der Waals surface area contributed by atoms with Crippen LogP contribution in [0.5, 0.6) is 0 Å². The molecule has 0 aromatic heterocycles. The van der Waals surface area contributed by atoms with Gasteiger partial charge in [-0.2, -0.15) is 0 Å². The highest BCUT2D eigenvalue weighted by Gasteiger charge is 2.35. The minimum absolute atomic E-state index is 0.0643. The average Bonchev–Trinajstić information content (AvgIpc) is 2.91. The zero-order valence-corrected chi connectivity index (χ0v) is 9.54. The minimum Gasteiger partial charge on any atom is -0.388 e. The third-order valence-corrected chi connectivity index (χ3v) is 4.81. The zero-order chi connectivity index (χ0) is 10.3. The van der Waals surface area contributed by atoms with Crippen LogP contribution in [0.4, 0.5) is 0 Å². The molecule has 2 saturated carbocycles. The summed E-state index contributed by atoms with van der Waals surface area (Å²) in [6.07, 6.45) is 11.8. The number of fused-ring (bicyclic) bond motifs is 2. The molecule has 3 aliphatic carbocycles. The number of hydrogen-bond acceptors (Lipinski definition) is 1. The zero-order valence-electron chi connectivity index (χ0n) is 9.54. The molecule has 0 aliphatic heterocycles. The van der Waals surface area contributed by atoms with E-state index in [1.54, 1.807) is 5.57 Å². The predicted octanol–water partition coefficient (Wildman–Crippen LogP) is 3.43. The van der Waals surface area contributed by atoms with Gasteiger partial charge in [0.1, 0.15) is 0 Å². The predicted molar refractivity (Wildman–Crippen MR) is 61.6 cm³/mol. The molecule has 15 heavy (non-hydrogen) atoms. The molecule has 0 spiro atoms. The van der Waals surface area contributed by atoms with E-state index in [-0.39, 0.29) is 6.10 Å². The second-order valence-corrected chi connectivity index (χ2v) is 5.78. The monoisotopic (exact) mass is 206 g/mol. The van der Waals surface area contributed by atoms with Crippen LogP contribution in [0.25, 0.3) is 0 Å². The first-order valence-electron chi connectivity index (χ1n) is 6.73. The van der Waals surface area contributed by atoms with Crippen LogP contribution in [0.2, 0.25) is 0 Å². The Hall–Kier alpha value is -0.300. The largest absolute Gasteiger partial charge is 0.388 e. The number of aliphatic hydroxyl groups excluding tert-OH is 1. The van der Waals surface area contributed by atoms with E-state index < -0.39 is 0 Å². The molecule has 1 heteroatoms. The van der Waals surface area contributed by atoms with Gasteiger partial charge >= 0.3 is 0 Å². The highest BCUT2D eigenvalue weighted by molar-refractivity contribution is 5.29. The number of hydrogen-bond donors (Lipinski definition) is 1. The van der Waals surface area contributed by atoms with E-state index >= 15 is 0 Å². The van der Waals surface area contributed by atoms with Crippen LogP contribution in [0.1, 0.15) is 57.8 Å². The third-order valence-electron chi connectivity index (χ3n) is 4.81. The highest BCUT2D eigenvalue weighted by atomic mass is 16.3. The van der Waals surface area contributed by atoms with Gasteiger partial charge in [0.2, 0.25) is 0 Å². The van der Waals surface area contributed by atoms with Crippen molar-refractivity contribution in [2.24, 2.45) is 11.8 Å². The lowest BCUT2D eigenvalue weighted by molar-refractivity contribution is 0.110. The maximum Gasteiger partial charge on any atom is 0.0780 e. The molecule has 0 heterocycles. The van der Waals surface area contributed by atoms with Crippen LogP contribution < -0.4 is 0 Å². The van der Waals surface area contributed by atoms with Gasteiger partial charge in [0.05, 0.1) is 6.10 Å². The normalized spacial score (nSPS) is 33.8. The van der Waals surface area contributed by atoms with E-state index in [0.717, 1.165) is 5.92 Å². The minimum atomic E-state index is -0.0643. The Morgan fingerprint density at radius 3 is 2.40 bits per heavy atom. The number of rotatable bonds is 2. The van der Waals surface area contributed by atoms with Gasteiger partial charge in [-0.3, -0.25) is 0 Å². The Balaban J connectivity index is 1.71. The molecule has 2 fully saturated rings. The molecule has 0 radical (unpaired) electrons. The Bertz CT molecular complexity index is 273. The van der Waals surface area contributed by atoms with Crippen molar-refractivity contribution in [2.75, 3.05) is 0 Å². The molecule has 0 saturated heterocycles. The van der Waals surface area contributed by atoms with Gasteiger partial charge in [-0.25, -0.2) is 0 Å². The summed E-state index contributed by atoms with van der Waals surface area (Å²) in [4.78, 5) is 0. The molecular weight excluding hydrogens is 184 g/mol. The topological polar surface area (TPSA) is 20.2 Å². The standard InChI is InChI=1S/C14H22O/c15-14(11-4-2-1-3-5-11)13-9-10-6-7-12(13)8-10/h10-11,14-15H,1-9H2. The molecule has 1 N–H and O–H groups in total. The van der Waals surface area contributed by atoms with Gasteiger partial charge in [0.15, 0.2) is 0 Å². The summed E-state index contributed by atoms with van der Waals surface area (Å²) in [6, 6.07) is 0. The molecule has 84 valence electrons. The Morgan fingerprint density at radius 1 is 1.00 bits per heavy atom. The summed E-state index contributed by atoms with van der Waals surface area (Å²) in [7, 11) is 0. The van der Waals surface area contributed by atoms with Crippen molar-refractivity contribution in [1.29, 1.82) is 0 Å². The van der Waals surface area contributed by atoms with E-state index in [9.17, 15) is 5.11 Å². The number of aliphatic hydroxyl groups is 1. The maximum atomic E-state index is 10.4. The van der Waals surface area contributed by atoms with Gasteiger partial charge < -0.3 is 5.11 Å². The molecule has 3 aliphatic rings. The van der Waals surface area contributed by atoms with Crippen LogP contribution >= 0.6 is 0 Å². The second-order valence-electron chi connectivity index (χ2n) is 5.78. The van der Waals surface area contributed by atoms with Crippen molar-refractivity contribution >= 4 is 0 Å². The molecule has 2 unspecified atom stereocenters. The maximum absolute atomic E-state index is 10.4. The third kappa shape index (κ3) is 1.75. The quantitative estimate of drug-likeness (QED) is 0.686. The summed E-state index contributed by atoms with van der Waals surface area (Å²) in [5.41, 5.74) is 3.11. The summed E-state index contributed by atoms with van der Waals surface area (Å²) in [5, 5.41) is 10.4. The fraction of sp³-hybridized carbons (Fsp3) is 0.857. The van der Waals surface area contributed by atoms with E-state index in [4.69, 9.17) is 0 Å². The fourth-order valence-corrected chi connectivity index (χ4v) is 3.92. The summed E-state index contributed by atoms with van der Waals surface area (Å²) in [6.45, 7) is 0. The van der Waals surface area contributed by atoms with E-state index in [1.807, 2.05) is 0 Å². The van der Waals surface area contributed by atoms with E-state index in [2.05, 4.69) is 0 Å². The molecule has 0 aromatic carbocycles. The van der Waals surface area contributed by atoms with E-state index in [1.165, 1.54) is 63.4 Å². The average molecular weight is 206 g/mol. The summed E-state index contributed by atoms with van der Waals surface area (Å²) >= 11 is 0. The smallest absolute Gasteiger partial charge is 0.0780 e. The molecule has 3 rings (SSSR count). The second kappa shape index (κ2) is 3.93. The Labute approximate surface area is 92.6 Å². The Kier molecular flexibility index (Phi) is 2.59. The first kappa shape index (κ1) is 9.89. The first-order valence-corrected chi connectivity index (χ1v) is 6.73. The number of allylic oxidation sites excluding steroid dienone is 1. The molecule has 0 amide bonds. The highest BCUT2D eigenvalue weighted by Crippen LogP contribution is 2.47. The van der Waals surface area contributed by atoms with Crippen LogP contribution in [0.3, 0.4) is 0 Å². The summed E-state index contributed by atoms with van der Waals surface area (Å²) < 4.78 is 0. The first-order chi connectivity index (χ1) is 7.34. The van der Waals surface area contributed by atoms with E-state index in [0.29, 0.717) is 5.92 Å². The van der Waals surface area contributed by atoms with Gasteiger partial charge in [-0.15, -0.1) is 0 Å². The molecule has 2 atom stereocenters. The van der Waals surface area contributed by atoms with Gasteiger partial charge in [-0.1, -0.05) is 24.8 Å². The van der Waals surface area contributed by atoms with Crippen LogP contribution in [0.15, 0.2) is 11.1 Å².